The number of amides is 2. The highest BCUT2D eigenvalue weighted by Gasteiger charge is 2.26. The molecule has 0 bridgehead atoms. The summed E-state index contributed by atoms with van der Waals surface area (Å²) in [6, 6.07) is 12.9. The van der Waals surface area contributed by atoms with Crippen LogP contribution in [0.2, 0.25) is 0 Å². The molecule has 1 atom stereocenters. The minimum absolute atomic E-state index is 0.00102. The van der Waals surface area contributed by atoms with Crippen molar-refractivity contribution < 1.29 is 14.3 Å². The molecule has 0 saturated carbocycles. The van der Waals surface area contributed by atoms with Crippen LogP contribution >= 0.6 is 15.9 Å². The van der Waals surface area contributed by atoms with E-state index in [1.165, 1.54) is 0 Å². The molecule has 0 fully saturated rings. The number of carbonyl (C=O) groups excluding carboxylic acids is 2. The molecule has 2 rings (SSSR count). The molecule has 0 aromatic heterocycles. The molecule has 0 aliphatic rings. The van der Waals surface area contributed by atoms with Crippen molar-refractivity contribution in [1.82, 2.24) is 10.2 Å². The molecule has 1 N–H and O–H groups in total. The van der Waals surface area contributed by atoms with E-state index >= 15 is 0 Å². The van der Waals surface area contributed by atoms with E-state index in [0.29, 0.717) is 12.3 Å². The van der Waals surface area contributed by atoms with Gasteiger partial charge in [0.2, 0.25) is 5.91 Å². The number of aryl methyl sites for hydroxylation is 2. The van der Waals surface area contributed by atoms with E-state index in [2.05, 4.69) is 21.2 Å². The Morgan fingerprint density at radius 3 is 2.17 bits per heavy atom. The molecule has 0 aliphatic heterocycles. The lowest BCUT2D eigenvalue weighted by atomic mass is 10.1. The zero-order valence-electron chi connectivity index (χ0n) is 17.7. The summed E-state index contributed by atoms with van der Waals surface area (Å²) in [5.41, 5.74) is 3.09. The standard InChI is InChI=1S/C23H29BrN2O3/c1-15(2)25-23(28)18(5)26(13-19-6-8-20(24)9-7-19)22(27)14-29-21-11-16(3)10-17(4)12-21/h6-12,15,18H,13-14H2,1-5H3,(H,25,28). The monoisotopic (exact) mass is 460 g/mol. The van der Waals surface area contributed by atoms with Crippen LogP contribution in [0.25, 0.3) is 0 Å². The largest absolute Gasteiger partial charge is 0.484 e. The number of rotatable bonds is 8. The van der Waals surface area contributed by atoms with Gasteiger partial charge in [-0.25, -0.2) is 0 Å². The molecule has 0 aliphatic carbocycles. The van der Waals surface area contributed by atoms with Gasteiger partial charge in [0.25, 0.3) is 5.91 Å². The first-order valence-electron chi connectivity index (χ1n) is 9.71. The Morgan fingerprint density at radius 1 is 1.03 bits per heavy atom. The van der Waals surface area contributed by atoms with Gasteiger partial charge < -0.3 is 15.0 Å². The number of halogens is 1. The number of hydrogen-bond donors (Lipinski definition) is 1. The van der Waals surface area contributed by atoms with Crippen LogP contribution in [0.15, 0.2) is 46.9 Å². The van der Waals surface area contributed by atoms with Crippen molar-refractivity contribution in [3.05, 3.63) is 63.6 Å². The number of hydrogen-bond acceptors (Lipinski definition) is 3. The Balaban J connectivity index is 2.16. The van der Waals surface area contributed by atoms with Gasteiger partial charge >= 0.3 is 0 Å². The minimum atomic E-state index is -0.614. The van der Waals surface area contributed by atoms with Crippen LogP contribution < -0.4 is 10.1 Å². The van der Waals surface area contributed by atoms with Crippen molar-refractivity contribution in [2.24, 2.45) is 0 Å². The van der Waals surface area contributed by atoms with E-state index < -0.39 is 6.04 Å². The van der Waals surface area contributed by atoms with Crippen LogP contribution in [-0.4, -0.2) is 35.4 Å². The predicted molar refractivity (Wildman–Crippen MR) is 119 cm³/mol. The van der Waals surface area contributed by atoms with Crippen molar-refractivity contribution in [2.45, 2.75) is 53.2 Å². The molecule has 6 heteroatoms. The Hall–Kier alpha value is -2.34. The molecule has 29 heavy (non-hydrogen) atoms. The summed E-state index contributed by atoms with van der Waals surface area (Å²) in [7, 11) is 0. The van der Waals surface area contributed by atoms with Gasteiger partial charge in [-0.3, -0.25) is 9.59 Å². The van der Waals surface area contributed by atoms with Crippen molar-refractivity contribution in [3.8, 4) is 5.75 Å². The predicted octanol–water partition coefficient (Wildman–Crippen LogP) is 4.39. The summed E-state index contributed by atoms with van der Waals surface area (Å²) in [5.74, 6) is 0.231. The molecule has 0 radical (unpaired) electrons. The average Bonchev–Trinajstić information content (AvgIpc) is 2.63. The maximum Gasteiger partial charge on any atom is 0.261 e. The van der Waals surface area contributed by atoms with Crippen molar-refractivity contribution in [3.63, 3.8) is 0 Å². The fourth-order valence-electron chi connectivity index (χ4n) is 3.02. The molecule has 2 aromatic carbocycles. The van der Waals surface area contributed by atoms with Gasteiger partial charge in [0.1, 0.15) is 11.8 Å². The van der Waals surface area contributed by atoms with E-state index in [0.717, 1.165) is 21.2 Å². The third-order valence-electron chi connectivity index (χ3n) is 4.42. The Morgan fingerprint density at radius 2 is 1.62 bits per heavy atom. The number of ether oxygens (including phenoxy) is 1. The number of nitrogens with one attached hydrogen (secondary N) is 1. The molecule has 156 valence electrons. The van der Waals surface area contributed by atoms with Gasteiger partial charge in [-0.1, -0.05) is 34.1 Å². The Bertz CT molecular complexity index is 829. The molecule has 2 amide bonds. The van der Waals surface area contributed by atoms with E-state index in [1.807, 2.05) is 70.2 Å². The second kappa shape index (κ2) is 10.4. The molecular formula is C23H29BrN2O3. The fourth-order valence-corrected chi connectivity index (χ4v) is 3.28. The van der Waals surface area contributed by atoms with Crippen LogP contribution in [0.4, 0.5) is 0 Å². The lowest BCUT2D eigenvalue weighted by Crippen LogP contribution is -2.50. The molecule has 1 unspecified atom stereocenters. The third-order valence-corrected chi connectivity index (χ3v) is 4.95. The van der Waals surface area contributed by atoms with Crippen LogP contribution in [0, 0.1) is 13.8 Å². The van der Waals surface area contributed by atoms with Gasteiger partial charge in [-0.2, -0.15) is 0 Å². The summed E-state index contributed by atoms with van der Waals surface area (Å²) in [5, 5.41) is 2.88. The lowest BCUT2D eigenvalue weighted by Gasteiger charge is -2.29. The van der Waals surface area contributed by atoms with Gasteiger partial charge in [0, 0.05) is 17.1 Å². The second-order valence-electron chi connectivity index (χ2n) is 7.60. The summed E-state index contributed by atoms with van der Waals surface area (Å²) >= 11 is 3.42. The highest BCUT2D eigenvalue weighted by atomic mass is 79.9. The van der Waals surface area contributed by atoms with Crippen LogP contribution in [0.3, 0.4) is 0 Å². The molecule has 0 spiro atoms. The summed E-state index contributed by atoms with van der Waals surface area (Å²) in [6.45, 7) is 9.71. The minimum Gasteiger partial charge on any atom is -0.484 e. The maximum absolute atomic E-state index is 13.0. The topological polar surface area (TPSA) is 58.6 Å². The zero-order valence-corrected chi connectivity index (χ0v) is 19.2. The van der Waals surface area contributed by atoms with Crippen LogP contribution in [0.1, 0.15) is 37.5 Å². The van der Waals surface area contributed by atoms with E-state index in [1.54, 1.807) is 11.8 Å². The van der Waals surface area contributed by atoms with Gasteiger partial charge in [-0.05, 0) is 75.6 Å². The summed E-state index contributed by atoms with van der Waals surface area (Å²) < 4.78 is 6.71. The van der Waals surface area contributed by atoms with Crippen molar-refractivity contribution in [2.75, 3.05) is 6.61 Å². The van der Waals surface area contributed by atoms with E-state index in [-0.39, 0.29) is 24.5 Å². The lowest BCUT2D eigenvalue weighted by molar-refractivity contribution is -0.142. The van der Waals surface area contributed by atoms with Crippen LogP contribution in [-0.2, 0) is 16.1 Å². The first kappa shape index (κ1) is 22.9. The van der Waals surface area contributed by atoms with Gasteiger partial charge in [-0.15, -0.1) is 0 Å². The van der Waals surface area contributed by atoms with Crippen LogP contribution in [0.5, 0.6) is 5.75 Å². The van der Waals surface area contributed by atoms with E-state index in [4.69, 9.17) is 4.74 Å². The number of nitrogens with zero attached hydrogens (tertiary/aromatic N) is 1. The Kier molecular flexibility index (Phi) is 8.26. The van der Waals surface area contributed by atoms with Gasteiger partial charge in [0.15, 0.2) is 6.61 Å². The second-order valence-corrected chi connectivity index (χ2v) is 8.52. The molecular weight excluding hydrogens is 432 g/mol. The number of carbonyl (C=O) groups is 2. The normalized spacial score (nSPS) is 11.8. The van der Waals surface area contributed by atoms with E-state index in [9.17, 15) is 9.59 Å². The number of benzene rings is 2. The zero-order chi connectivity index (χ0) is 21.6. The van der Waals surface area contributed by atoms with Gasteiger partial charge in [0.05, 0.1) is 0 Å². The first-order chi connectivity index (χ1) is 13.7. The molecule has 0 heterocycles. The average molecular weight is 461 g/mol. The quantitative estimate of drug-likeness (QED) is 0.635. The maximum atomic E-state index is 13.0. The highest BCUT2D eigenvalue weighted by molar-refractivity contribution is 9.10. The molecule has 0 saturated heterocycles. The molecule has 2 aromatic rings. The smallest absolute Gasteiger partial charge is 0.261 e. The Labute approximate surface area is 181 Å². The SMILES string of the molecule is Cc1cc(C)cc(OCC(=O)N(Cc2ccc(Br)cc2)C(C)C(=O)NC(C)C)c1. The fraction of sp³-hybridized carbons (Fsp3) is 0.391. The van der Waals surface area contributed by atoms with Crippen molar-refractivity contribution >= 4 is 27.7 Å². The summed E-state index contributed by atoms with van der Waals surface area (Å²) in [4.78, 5) is 27.1. The summed E-state index contributed by atoms with van der Waals surface area (Å²) in [6.07, 6.45) is 0. The van der Waals surface area contributed by atoms with Crippen molar-refractivity contribution in [1.29, 1.82) is 0 Å². The molecule has 5 nitrogen and oxygen atoms in total. The highest BCUT2D eigenvalue weighted by Crippen LogP contribution is 2.18. The third kappa shape index (κ3) is 7.20. The first-order valence-corrected chi connectivity index (χ1v) is 10.5.